The van der Waals surface area contributed by atoms with Crippen molar-refractivity contribution in [3.8, 4) is 23.0 Å². The fourth-order valence-electron chi connectivity index (χ4n) is 10.6. The number of hydrogen-bond donors (Lipinski definition) is 8. The number of phenolic OH excluding ortho intramolecular Hbond substituents is 2. The van der Waals surface area contributed by atoms with Crippen molar-refractivity contribution in [2.75, 3.05) is 105 Å². The van der Waals surface area contributed by atoms with Crippen LogP contribution in [0.3, 0.4) is 0 Å². The SMILES string of the molecule is CCC(CC)CCOP(=O)(O)OCC(CCCCNC(=O)c1ccc2c(c1)C(=O)OC21c2ccc(O)cc2Oc2cc(O)ccc21)COP(C)(=O)OCC(COCCOCCOCCOCCCNC(=O)CCCCC1SCC2NC(=O)NC21)O[P+](=O)O. The van der Waals surface area contributed by atoms with Gasteiger partial charge >= 0.3 is 35.7 Å². The molecule has 30 heteroatoms. The molecule has 4 amide bonds. The second-order valence-corrected chi connectivity index (χ2v) is 27.3. The van der Waals surface area contributed by atoms with Gasteiger partial charge in [0.25, 0.3) is 5.91 Å². The van der Waals surface area contributed by atoms with Crippen molar-refractivity contribution in [2.24, 2.45) is 11.8 Å². The normalized spacial score (nSPS) is 19.2. The molecule has 0 saturated carbocycles. The first kappa shape index (κ1) is 70.7. The van der Waals surface area contributed by atoms with Crippen molar-refractivity contribution in [1.29, 1.82) is 0 Å². The van der Waals surface area contributed by atoms with Crippen LogP contribution in [0.1, 0.15) is 122 Å². The second kappa shape index (κ2) is 35.1. The molecule has 2 fully saturated rings. The van der Waals surface area contributed by atoms with E-state index in [0.717, 1.165) is 37.9 Å². The summed E-state index contributed by atoms with van der Waals surface area (Å²) in [5.41, 5.74) is 0.125. The van der Waals surface area contributed by atoms with Crippen LogP contribution in [0.4, 0.5) is 4.79 Å². The summed E-state index contributed by atoms with van der Waals surface area (Å²) in [7, 11) is -11.5. The van der Waals surface area contributed by atoms with Gasteiger partial charge in [-0.25, -0.2) is 14.2 Å². The number of thioether (sulfide) groups is 1. The fraction of sp³-hybridized carbons (Fsp3) is 0.621. The van der Waals surface area contributed by atoms with Crippen molar-refractivity contribution < 1.29 is 104 Å². The van der Waals surface area contributed by atoms with Gasteiger partial charge in [-0.1, -0.05) is 45.6 Å². The van der Waals surface area contributed by atoms with Gasteiger partial charge in [0.15, 0.2) is 11.7 Å². The van der Waals surface area contributed by atoms with Crippen LogP contribution in [-0.2, 0) is 70.4 Å². The van der Waals surface area contributed by atoms with E-state index >= 15 is 0 Å². The third-order valence-corrected chi connectivity index (χ3v) is 19.5. The Hall–Kier alpha value is -4.79. The van der Waals surface area contributed by atoms with Crippen molar-refractivity contribution in [3.05, 3.63) is 82.4 Å². The number of unbranched alkanes of at least 4 members (excludes halogenated alkanes) is 2. The maximum atomic E-state index is 13.6. The maximum Gasteiger partial charge on any atom is 0.695 e. The second-order valence-electron chi connectivity index (χ2n) is 21.8. The van der Waals surface area contributed by atoms with Crippen LogP contribution in [0.5, 0.6) is 23.0 Å². The number of hydrogen-bond acceptors (Lipinski definition) is 21. The van der Waals surface area contributed by atoms with Gasteiger partial charge in [0.1, 0.15) is 23.0 Å². The molecule has 4 heterocycles. The Bertz CT molecular complexity index is 2860. The molecule has 7 rings (SSSR count). The van der Waals surface area contributed by atoms with E-state index in [-0.39, 0.29) is 111 Å². The first-order valence-electron chi connectivity index (χ1n) is 29.9. The summed E-state index contributed by atoms with van der Waals surface area (Å²) in [6, 6.07) is 13.7. The number of benzene rings is 3. The molecule has 3 aromatic rings. The topological polar surface area (TPSA) is 350 Å². The molecule has 0 bridgehead atoms. The Morgan fingerprint density at radius 2 is 1.36 bits per heavy atom. The zero-order valence-electron chi connectivity index (χ0n) is 49.9. The zero-order chi connectivity index (χ0) is 63.1. The molecule has 26 nitrogen and oxygen atoms in total. The summed E-state index contributed by atoms with van der Waals surface area (Å²) in [4.78, 5) is 71.0. The lowest BCUT2D eigenvalue weighted by Gasteiger charge is -2.36. The smallest absolute Gasteiger partial charge is 0.508 e. The number of esters is 1. The number of phosphoric acid groups is 1. The summed E-state index contributed by atoms with van der Waals surface area (Å²) < 4.78 is 99.6. The van der Waals surface area contributed by atoms with Gasteiger partial charge < -0.3 is 73.8 Å². The molecule has 0 aromatic heterocycles. The minimum atomic E-state index is -4.51. The van der Waals surface area contributed by atoms with Gasteiger partial charge in [-0.05, 0) is 80.8 Å². The number of nitrogens with one attached hydrogen (secondary N) is 4. The van der Waals surface area contributed by atoms with Crippen molar-refractivity contribution in [2.45, 2.75) is 114 Å². The first-order chi connectivity index (χ1) is 42.3. The number of carbonyl (C=O) groups excluding carboxylic acids is 4. The molecule has 0 aliphatic carbocycles. The first-order valence-corrected chi connectivity index (χ1v) is 35.5. The third kappa shape index (κ3) is 21.4. The van der Waals surface area contributed by atoms with Crippen LogP contribution in [0.15, 0.2) is 54.6 Å². The summed E-state index contributed by atoms with van der Waals surface area (Å²) >= 11 is 1.87. The molecule has 8 atom stereocenters. The monoisotopic (exact) mass is 1310 g/mol. The summed E-state index contributed by atoms with van der Waals surface area (Å²) in [6.45, 7) is 6.68. The number of urea groups is 1. The Morgan fingerprint density at radius 1 is 0.727 bits per heavy atom. The van der Waals surface area contributed by atoms with Crippen LogP contribution in [0.25, 0.3) is 0 Å². The van der Waals surface area contributed by atoms with Crippen LogP contribution in [0, 0.1) is 11.8 Å². The molecule has 0 radical (unpaired) electrons. The summed E-state index contributed by atoms with van der Waals surface area (Å²) in [6.07, 6.45) is 6.17. The molecule has 2 saturated heterocycles. The Morgan fingerprint density at radius 3 is 2.05 bits per heavy atom. The lowest BCUT2D eigenvalue weighted by Crippen LogP contribution is -2.36. The molecule has 8 unspecified atom stereocenters. The lowest BCUT2D eigenvalue weighted by molar-refractivity contribution is -0.121. The Kier molecular flexibility index (Phi) is 28.2. The number of amides is 4. The van der Waals surface area contributed by atoms with E-state index < -0.39 is 59.8 Å². The van der Waals surface area contributed by atoms with Crippen molar-refractivity contribution >= 4 is 59.2 Å². The fourth-order valence-corrected chi connectivity index (χ4v) is 14.3. The molecule has 8 N–H and O–H groups in total. The number of rotatable bonds is 43. The van der Waals surface area contributed by atoms with E-state index in [1.165, 1.54) is 37.0 Å². The van der Waals surface area contributed by atoms with E-state index in [1.54, 1.807) is 24.3 Å². The number of ether oxygens (including phenoxy) is 6. The average molecular weight is 1310 g/mol. The Labute approximate surface area is 517 Å². The quantitative estimate of drug-likeness (QED) is 0.0114. The van der Waals surface area contributed by atoms with Gasteiger partial charge in [-0.15, -0.1) is 9.42 Å². The van der Waals surface area contributed by atoms with Gasteiger partial charge in [0, 0.05) is 88.7 Å². The van der Waals surface area contributed by atoms with Gasteiger partial charge in [0.05, 0.1) is 90.3 Å². The highest BCUT2D eigenvalue weighted by molar-refractivity contribution is 8.00. The van der Waals surface area contributed by atoms with Crippen LogP contribution in [0.2, 0.25) is 0 Å². The molecule has 4 aliphatic rings. The molecule has 4 aliphatic heterocycles. The number of phenols is 2. The van der Waals surface area contributed by atoms with E-state index in [2.05, 4.69) is 21.3 Å². The molecule has 3 aromatic carbocycles. The van der Waals surface area contributed by atoms with E-state index in [1.807, 2.05) is 25.6 Å². The molecular weight excluding hydrogens is 1230 g/mol. The number of fused-ring (bicyclic) bond motifs is 7. The molecular formula is C58H84N4O22P3S+. The molecule has 488 valence electrons. The van der Waals surface area contributed by atoms with Crippen molar-refractivity contribution in [3.63, 3.8) is 0 Å². The zero-order valence-corrected chi connectivity index (χ0v) is 53.4. The maximum absolute atomic E-state index is 13.6. The summed E-state index contributed by atoms with van der Waals surface area (Å²) in [5, 5.41) is 32.6. The predicted octanol–water partition coefficient (Wildman–Crippen LogP) is 8.33. The summed E-state index contributed by atoms with van der Waals surface area (Å²) in [5.74, 6) is -0.307. The number of phosphoric ester groups is 1. The average Bonchev–Trinajstić information content (AvgIpc) is 1.49. The number of aromatic hydroxyl groups is 2. The minimum absolute atomic E-state index is 0.00359. The van der Waals surface area contributed by atoms with Gasteiger partial charge in [-0.3, -0.25) is 23.2 Å². The highest BCUT2D eigenvalue weighted by Crippen LogP contribution is 2.57. The van der Waals surface area contributed by atoms with Crippen LogP contribution in [-0.4, -0.2) is 172 Å². The standard InChI is InChI=1S/C58H83N4O22P3S/c1-4-39(5-2)20-24-78-87(72,73)81-35-40(11-8-9-21-60-55(66)41-14-17-46-45(31-41)56(67)83-58(46)47-18-15-42(63)32-50(47)82-51-33-43(64)16-19-48(51)58)34-79-86(3,71)80-37-44(84-85(69)70)36-77-30-29-76-28-27-75-26-25-74-23-10-22-59-53(65)13-7-6-12-52-54-49(38-88-52)61-57(68)62-54/h14-19,31-33,39-40,44,49,52,54H,4-13,20-30,34-38H2,1-3H3,(H7-,59,60,61,62,63,64,65,66,68,69,70,72,73)/p+1. The van der Waals surface area contributed by atoms with E-state index in [9.17, 15) is 52.9 Å². The Balaban J connectivity index is 0.777. The van der Waals surface area contributed by atoms with Crippen LogP contribution < -0.4 is 26.0 Å². The molecule has 88 heavy (non-hydrogen) atoms. The van der Waals surface area contributed by atoms with Crippen LogP contribution >= 0.6 is 35.4 Å². The van der Waals surface area contributed by atoms with E-state index in [0.29, 0.717) is 99.4 Å². The lowest BCUT2D eigenvalue weighted by atomic mass is 9.77. The highest BCUT2D eigenvalue weighted by Gasteiger charge is 2.54. The minimum Gasteiger partial charge on any atom is -0.508 e. The van der Waals surface area contributed by atoms with E-state index in [4.69, 9.17) is 51.0 Å². The predicted molar refractivity (Wildman–Crippen MR) is 323 cm³/mol. The largest absolute Gasteiger partial charge is 0.695 e. The van der Waals surface area contributed by atoms with Gasteiger partial charge in [0.2, 0.25) is 5.91 Å². The molecule has 1 spiro atoms. The third-order valence-electron chi connectivity index (χ3n) is 15.3. The highest BCUT2D eigenvalue weighted by atomic mass is 32.2. The number of carbonyl (C=O) groups is 4. The van der Waals surface area contributed by atoms with Crippen molar-refractivity contribution in [1.82, 2.24) is 21.3 Å². The van der Waals surface area contributed by atoms with Gasteiger partial charge in [-0.2, -0.15) is 11.8 Å².